The molecule has 1 aromatic rings. The van der Waals surface area contributed by atoms with E-state index in [1.54, 1.807) is 0 Å². The SMILES string of the molecule is O=[N+]([O-])c1cnc(N[C@H]2CCCC[C@@H]2CO)nc1NC1CC1. The molecule has 8 nitrogen and oxygen atoms in total. The summed E-state index contributed by atoms with van der Waals surface area (Å²) in [6.07, 6.45) is 7.44. The lowest BCUT2D eigenvalue weighted by Crippen LogP contribution is -2.35. The molecular weight excluding hydrogens is 286 g/mol. The van der Waals surface area contributed by atoms with Gasteiger partial charge in [-0.3, -0.25) is 10.1 Å². The number of aromatic nitrogens is 2. The van der Waals surface area contributed by atoms with E-state index < -0.39 is 4.92 Å². The van der Waals surface area contributed by atoms with Gasteiger partial charge >= 0.3 is 5.69 Å². The molecule has 2 saturated carbocycles. The number of rotatable bonds is 6. The Morgan fingerprint density at radius 2 is 2.05 bits per heavy atom. The fourth-order valence-electron chi connectivity index (χ4n) is 2.89. The lowest BCUT2D eigenvalue weighted by molar-refractivity contribution is -0.384. The van der Waals surface area contributed by atoms with E-state index in [1.807, 2.05) is 0 Å². The minimum absolute atomic E-state index is 0.0974. The lowest BCUT2D eigenvalue weighted by atomic mass is 9.85. The number of anilines is 2. The van der Waals surface area contributed by atoms with Crippen LogP contribution in [0.4, 0.5) is 17.5 Å². The van der Waals surface area contributed by atoms with Gasteiger partial charge in [0.2, 0.25) is 11.8 Å². The molecule has 0 aromatic carbocycles. The normalized spacial score (nSPS) is 24.8. The minimum Gasteiger partial charge on any atom is -0.396 e. The van der Waals surface area contributed by atoms with Crippen molar-refractivity contribution in [2.45, 2.75) is 50.6 Å². The van der Waals surface area contributed by atoms with Crippen LogP contribution in [0.25, 0.3) is 0 Å². The first-order chi connectivity index (χ1) is 10.7. The van der Waals surface area contributed by atoms with Gasteiger partial charge in [-0.25, -0.2) is 4.98 Å². The first kappa shape index (κ1) is 15.0. The molecule has 2 atom stereocenters. The average molecular weight is 307 g/mol. The van der Waals surface area contributed by atoms with Gasteiger partial charge in [0, 0.05) is 24.6 Å². The van der Waals surface area contributed by atoms with E-state index in [1.165, 1.54) is 6.20 Å². The van der Waals surface area contributed by atoms with Crippen molar-refractivity contribution < 1.29 is 10.0 Å². The number of aliphatic hydroxyl groups excluding tert-OH is 1. The van der Waals surface area contributed by atoms with Crippen LogP contribution in [0.2, 0.25) is 0 Å². The van der Waals surface area contributed by atoms with Gasteiger partial charge in [0.15, 0.2) is 0 Å². The van der Waals surface area contributed by atoms with Gasteiger partial charge in [0.05, 0.1) is 4.92 Å². The molecule has 0 amide bonds. The Morgan fingerprint density at radius 3 is 2.73 bits per heavy atom. The van der Waals surface area contributed by atoms with Crippen LogP contribution in [0, 0.1) is 16.0 Å². The lowest BCUT2D eigenvalue weighted by Gasteiger charge is -2.30. The van der Waals surface area contributed by atoms with Crippen LogP contribution in [-0.2, 0) is 0 Å². The highest BCUT2D eigenvalue weighted by atomic mass is 16.6. The highest BCUT2D eigenvalue weighted by Gasteiger charge is 2.28. The standard InChI is InChI=1S/C14H21N5O3/c20-8-9-3-1-2-4-11(9)17-14-15-7-12(19(21)22)13(18-14)16-10-5-6-10/h7,9-11,20H,1-6,8H2,(H2,15,16,17,18)/t9-,11+/m1/s1. The summed E-state index contributed by atoms with van der Waals surface area (Å²) in [5, 5.41) is 26.8. The van der Waals surface area contributed by atoms with Crippen molar-refractivity contribution in [3.05, 3.63) is 16.3 Å². The summed E-state index contributed by atoms with van der Waals surface area (Å²) in [7, 11) is 0. The smallest absolute Gasteiger partial charge is 0.329 e. The van der Waals surface area contributed by atoms with E-state index >= 15 is 0 Å². The third kappa shape index (κ3) is 3.44. The zero-order valence-corrected chi connectivity index (χ0v) is 12.4. The molecule has 1 aromatic heterocycles. The Labute approximate surface area is 128 Å². The van der Waals surface area contributed by atoms with Gasteiger partial charge in [-0.1, -0.05) is 12.8 Å². The van der Waals surface area contributed by atoms with E-state index in [-0.39, 0.29) is 36.1 Å². The number of nitrogens with zero attached hydrogens (tertiary/aromatic N) is 3. The molecular formula is C14H21N5O3. The number of hydrogen-bond donors (Lipinski definition) is 3. The van der Waals surface area contributed by atoms with E-state index in [9.17, 15) is 15.2 Å². The summed E-state index contributed by atoms with van der Waals surface area (Å²) >= 11 is 0. The van der Waals surface area contributed by atoms with Crippen molar-refractivity contribution in [1.29, 1.82) is 0 Å². The van der Waals surface area contributed by atoms with Crippen molar-refractivity contribution >= 4 is 17.5 Å². The summed E-state index contributed by atoms with van der Waals surface area (Å²) in [5.41, 5.74) is -0.0974. The summed E-state index contributed by atoms with van der Waals surface area (Å²) in [6.45, 7) is 0.137. The molecule has 120 valence electrons. The maximum absolute atomic E-state index is 11.1. The zero-order valence-electron chi connectivity index (χ0n) is 12.4. The van der Waals surface area contributed by atoms with Crippen LogP contribution < -0.4 is 10.6 Å². The third-order valence-electron chi connectivity index (χ3n) is 4.34. The highest BCUT2D eigenvalue weighted by Crippen LogP contribution is 2.31. The average Bonchev–Trinajstić information content (AvgIpc) is 3.32. The van der Waals surface area contributed by atoms with Crippen LogP contribution in [0.15, 0.2) is 6.20 Å². The fraction of sp³-hybridized carbons (Fsp3) is 0.714. The van der Waals surface area contributed by atoms with Crippen molar-refractivity contribution in [3.8, 4) is 0 Å². The largest absolute Gasteiger partial charge is 0.396 e. The number of hydrogen-bond acceptors (Lipinski definition) is 7. The van der Waals surface area contributed by atoms with Gasteiger partial charge in [0.25, 0.3) is 0 Å². The number of nitrogens with one attached hydrogen (secondary N) is 2. The number of nitro groups is 1. The Kier molecular flexibility index (Phi) is 4.37. The molecule has 3 N–H and O–H groups in total. The van der Waals surface area contributed by atoms with Gasteiger partial charge in [0.1, 0.15) is 6.20 Å². The maximum Gasteiger partial charge on any atom is 0.329 e. The first-order valence-corrected chi connectivity index (χ1v) is 7.82. The maximum atomic E-state index is 11.1. The predicted molar refractivity (Wildman–Crippen MR) is 81.8 cm³/mol. The molecule has 0 unspecified atom stereocenters. The Bertz CT molecular complexity index is 549. The summed E-state index contributed by atoms with van der Waals surface area (Å²) < 4.78 is 0. The monoisotopic (exact) mass is 307 g/mol. The second-order valence-electron chi connectivity index (χ2n) is 6.08. The molecule has 22 heavy (non-hydrogen) atoms. The Morgan fingerprint density at radius 1 is 1.27 bits per heavy atom. The predicted octanol–water partition coefficient (Wildman–Crippen LogP) is 1.92. The second kappa shape index (κ2) is 6.43. The van der Waals surface area contributed by atoms with Crippen LogP contribution >= 0.6 is 0 Å². The van der Waals surface area contributed by atoms with Crippen LogP contribution in [-0.4, -0.2) is 38.7 Å². The quantitative estimate of drug-likeness (QED) is 0.543. The summed E-state index contributed by atoms with van der Waals surface area (Å²) in [6, 6.07) is 0.398. The molecule has 0 radical (unpaired) electrons. The molecule has 1 heterocycles. The Hall–Kier alpha value is -1.96. The van der Waals surface area contributed by atoms with Gasteiger partial charge in [-0.2, -0.15) is 4.98 Å². The molecule has 2 fully saturated rings. The molecule has 0 saturated heterocycles. The molecule has 2 aliphatic rings. The first-order valence-electron chi connectivity index (χ1n) is 7.82. The molecule has 0 spiro atoms. The van der Waals surface area contributed by atoms with Crippen molar-refractivity contribution in [2.24, 2.45) is 5.92 Å². The van der Waals surface area contributed by atoms with E-state index in [0.29, 0.717) is 5.95 Å². The Balaban J connectivity index is 1.76. The van der Waals surface area contributed by atoms with Crippen molar-refractivity contribution in [3.63, 3.8) is 0 Å². The molecule has 0 bridgehead atoms. The summed E-state index contributed by atoms with van der Waals surface area (Å²) in [5.74, 6) is 0.854. The highest BCUT2D eigenvalue weighted by molar-refractivity contribution is 5.58. The summed E-state index contributed by atoms with van der Waals surface area (Å²) in [4.78, 5) is 18.9. The second-order valence-corrected chi connectivity index (χ2v) is 6.08. The van der Waals surface area contributed by atoms with Crippen LogP contribution in [0.1, 0.15) is 38.5 Å². The molecule has 2 aliphatic carbocycles. The van der Waals surface area contributed by atoms with Crippen LogP contribution in [0.5, 0.6) is 0 Å². The van der Waals surface area contributed by atoms with Crippen LogP contribution in [0.3, 0.4) is 0 Å². The van der Waals surface area contributed by atoms with E-state index in [2.05, 4.69) is 20.6 Å². The third-order valence-corrected chi connectivity index (χ3v) is 4.34. The van der Waals surface area contributed by atoms with Crippen molar-refractivity contribution in [2.75, 3.05) is 17.2 Å². The van der Waals surface area contributed by atoms with Crippen molar-refractivity contribution in [1.82, 2.24) is 9.97 Å². The molecule has 8 heteroatoms. The zero-order chi connectivity index (χ0) is 15.5. The molecule has 3 rings (SSSR count). The van der Waals surface area contributed by atoms with Gasteiger partial charge in [-0.05, 0) is 25.7 Å². The van der Waals surface area contributed by atoms with Gasteiger partial charge < -0.3 is 15.7 Å². The fourth-order valence-corrected chi connectivity index (χ4v) is 2.89. The van der Waals surface area contributed by atoms with E-state index in [4.69, 9.17) is 0 Å². The van der Waals surface area contributed by atoms with E-state index in [0.717, 1.165) is 38.5 Å². The molecule has 0 aliphatic heterocycles. The van der Waals surface area contributed by atoms with Gasteiger partial charge in [-0.15, -0.1) is 0 Å². The number of aliphatic hydroxyl groups is 1. The topological polar surface area (TPSA) is 113 Å². The minimum atomic E-state index is -0.467.